The lowest BCUT2D eigenvalue weighted by Crippen LogP contribution is -2.18. The van der Waals surface area contributed by atoms with Crippen LogP contribution in [0, 0.1) is 6.92 Å². The highest BCUT2D eigenvalue weighted by Gasteiger charge is 2.29. The van der Waals surface area contributed by atoms with Crippen LogP contribution >= 0.6 is 0 Å². The zero-order chi connectivity index (χ0) is 14.1. The van der Waals surface area contributed by atoms with Gasteiger partial charge in [0, 0.05) is 18.5 Å². The number of hydrogen-bond acceptors (Lipinski definition) is 2. The molecule has 0 saturated heterocycles. The summed E-state index contributed by atoms with van der Waals surface area (Å²) in [6.45, 7) is 2.60. The smallest absolute Gasteiger partial charge is 0.254 e. The highest BCUT2D eigenvalue weighted by molar-refractivity contribution is 5.97. The third-order valence-corrected chi connectivity index (χ3v) is 3.71. The van der Waals surface area contributed by atoms with Crippen molar-refractivity contribution in [2.24, 2.45) is 0 Å². The van der Waals surface area contributed by atoms with Gasteiger partial charge in [0.2, 0.25) is 0 Å². The first-order chi connectivity index (χ1) is 9.70. The fourth-order valence-corrected chi connectivity index (χ4v) is 2.74. The van der Waals surface area contributed by atoms with E-state index in [-0.39, 0.29) is 11.8 Å². The number of hydrogen-bond donors (Lipinski definition) is 1. The Bertz CT molecular complexity index is 650. The molecule has 3 nitrogen and oxygen atoms in total. The normalized spacial score (nSPS) is 16.4. The van der Waals surface area contributed by atoms with Gasteiger partial charge in [-0.2, -0.15) is 0 Å². The molecule has 1 atom stereocenters. The SMILES string of the molecule is CNC(=O)c1cc(C)cc2c1OCC2c1ccccc1. The largest absolute Gasteiger partial charge is 0.491 e. The molecule has 2 aromatic carbocycles. The first-order valence-electron chi connectivity index (χ1n) is 6.75. The summed E-state index contributed by atoms with van der Waals surface area (Å²) in [5.41, 5.74) is 4.03. The molecule has 20 heavy (non-hydrogen) atoms. The second-order valence-corrected chi connectivity index (χ2v) is 5.08. The maximum absolute atomic E-state index is 12.0. The average Bonchev–Trinajstić information content (AvgIpc) is 2.90. The summed E-state index contributed by atoms with van der Waals surface area (Å²) in [5, 5.41) is 2.67. The van der Waals surface area contributed by atoms with Gasteiger partial charge in [-0.15, -0.1) is 0 Å². The molecule has 0 bridgehead atoms. The number of carbonyl (C=O) groups is 1. The molecular formula is C17H17NO2. The Morgan fingerprint density at radius 1 is 1.25 bits per heavy atom. The van der Waals surface area contributed by atoms with E-state index in [4.69, 9.17) is 4.74 Å². The summed E-state index contributed by atoms with van der Waals surface area (Å²) < 4.78 is 5.81. The highest BCUT2D eigenvalue weighted by atomic mass is 16.5. The maximum Gasteiger partial charge on any atom is 0.254 e. The van der Waals surface area contributed by atoms with Crippen molar-refractivity contribution < 1.29 is 9.53 Å². The fraction of sp³-hybridized carbons (Fsp3) is 0.235. The second-order valence-electron chi connectivity index (χ2n) is 5.08. The highest BCUT2D eigenvalue weighted by Crippen LogP contribution is 2.41. The number of carbonyl (C=O) groups excluding carboxylic acids is 1. The van der Waals surface area contributed by atoms with Gasteiger partial charge in [0.15, 0.2) is 0 Å². The van der Waals surface area contributed by atoms with Crippen molar-refractivity contribution in [3.05, 3.63) is 64.7 Å². The Morgan fingerprint density at radius 2 is 2.00 bits per heavy atom. The molecule has 1 aliphatic rings. The second kappa shape index (κ2) is 5.00. The third kappa shape index (κ3) is 2.05. The zero-order valence-corrected chi connectivity index (χ0v) is 11.6. The molecule has 0 aromatic heterocycles. The predicted molar refractivity (Wildman–Crippen MR) is 78.3 cm³/mol. The van der Waals surface area contributed by atoms with Gasteiger partial charge in [-0.1, -0.05) is 36.4 Å². The first-order valence-corrected chi connectivity index (χ1v) is 6.75. The van der Waals surface area contributed by atoms with Crippen LogP contribution in [0.3, 0.4) is 0 Å². The predicted octanol–water partition coefficient (Wildman–Crippen LogP) is 2.88. The Balaban J connectivity index is 2.10. The molecule has 1 unspecified atom stereocenters. The molecule has 1 N–H and O–H groups in total. The van der Waals surface area contributed by atoms with Gasteiger partial charge in [-0.25, -0.2) is 0 Å². The number of fused-ring (bicyclic) bond motifs is 1. The van der Waals surface area contributed by atoms with Crippen molar-refractivity contribution in [3.63, 3.8) is 0 Å². The fourth-order valence-electron chi connectivity index (χ4n) is 2.74. The van der Waals surface area contributed by atoms with Crippen molar-refractivity contribution in [2.45, 2.75) is 12.8 Å². The molecule has 1 aliphatic heterocycles. The maximum atomic E-state index is 12.0. The molecule has 0 spiro atoms. The van der Waals surface area contributed by atoms with Crippen molar-refractivity contribution in [1.29, 1.82) is 0 Å². The summed E-state index contributed by atoms with van der Waals surface area (Å²) >= 11 is 0. The van der Waals surface area contributed by atoms with Crippen molar-refractivity contribution in [2.75, 3.05) is 13.7 Å². The van der Waals surface area contributed by atoms with E-state index < -0.39 is 0 Å². The molecule has 102 valence electrons. The lowest BCUT2D eigenvalue weighted by molar-refractivity contribution is 0.0960. The molecule has 3 rings (SSSR count). The van der Waals surface area contributed by atoms with Crippen LogP contribution in [0.4, 0.5) is 0 Å². The summed E-state index contributed by atoms with van der Waals surface area (Å²) in [6.07, 6.45) is 0. The molecule has 0 radical (unpaired) electrons. The van der Waals surface area contributed by atoms with E-state index in [0.717, 1.165) is 16.9 Å². The average molecular weight is 267 g/mol. The summed E-state index contributed by atoms with van der Waals surface area (Å²) in [6, 6.07) is 14.3. The van der Waals surface area contributed by atoms with Crippen molar-refractivity contribution >= 4 is 5.91 Å². The van der Waals surface area contributed by atoms with E-state index in [0.29, 0.717) is 12.2 Å². The van der Waals surface area contributed by atoms with E-state index >= 15 is 0 Å². The van der Waals surface area contributed by atoms with E-state index in [1.165, 1.54) is 5.56 Å². The van der Waals surface area contributed by atoms with E-state index in [2.05, 4.69) is 23.5 Å². The Hall–Kier alpha value is -2.29. The third-order valence-electron chi connectivity index (χ3n) is 3.71. The number of rotatable bonds is 2. The number of nitrogens with one attached hydrogen (secondary N) is 1. The molecule has 1 heterocycles. The monoisotopic (exact) mass is 267 g/mol. The van der Waals surface area contributed by atoms with Gasteiger partial charge >= 0.3 is 0 Å². The molecule has 0 aliphatic carbocycles. The standard InChI is InChI=1S/C17H17NO2/c1-11-8-13-15(12-6-4-3-5-7-12)10-20-16(13)14(9-11)17(19)18-2/h3-9,15H,10H2,1-2H3,(H,18,19). The van der Waals surface area contributed by atoms with Crippen molar-refractivity contribution in [1.82, 2.24) is 5.32 Å². The molecule has 0 saturated carbocycles. The van der Waals surface area contributed by atoms with Gasteiger partial charge in [0.25, 0.3) is 5.91 Å². The van der Waals surface area contributed by atoms with Gasteiger partial charge in [0.1, 0.15) is 5.75 Å². The van der Waals surface area contributed by atoms with E-state index in [9.17, 15) is 4.79 Å². The summed E-state index contributed by atoms with van der Waals surface area (Å²) in [5.74, 6) is 0.831. The van der Waals surface area contributed by atoms with E-state index in [1.807, 2.05) is 31.2 Å². The van der Waals surface area contributed by atoms with Crippen molar-refractivity contribution in [3.8, 4) is 5.75 Å². The first kappa shape index (κ1) is 12.7. The Labute approximate surface area is 118 Å². The minimum atomic E-state index is -0.0985. The van der Waals surface area contributed by atoms with Crippen LogP contribution in [-0.2, 0) is 0 Å². The number of aryl methyl sites for hydroxylation is 1. The Morgan fingerprint density at radius 3 is 2.70 bits per heavy atom. The number of ether oxygens (including phenoxy) is 1. The molecule has 0 fully saturated rings. The number of benzene rings is 2. The van der Waals surface area contributed by atoms with Gasteiger partial charge < -0.3 is 10.1 Å². The lowest BCUT2D eigenvalue weighted by Gasteiger charge is -2.11. The van der Waals surface area contributed by atoms with E-state index in [1.54, 1.807) is 7.05 Å². The molecule has 3 heteroatoms. The van der Waals surface area contributed by atoms with Crippen LogP contribution in [-0.4, -0.2) is 19.6 Å². The summed E-state index contributed by atoms with van der Waals surface area (Å²) in [7, 11) is 1.64. The Kier molecular flexibility index (Phi) is 3.18. The molecular weight excluding hydrogens is 250 g/mol. The van der Waals surface area contributed by atoms with Crippen LogP contribution in [0.25, 0.3) is 0 Å². The summed E-state index contributed by atoms with van der Waals surface area (Å²) in [4.78, 5) is 12.0. The van der Waals surface area contributed by atoms with Crippen LogP contribution in [0.15, 0.2) is 42.5 Å². The lowest BCUT2D eigenvalue weighted by atomic mass is 9.91. The minimum absolute atomic E-state index is 0.0985. The van der Waals surface area contributed by atoms with Gasteiger partial charge in [-0.05, 0) is 24.1 Å². The minimum Gasteiger partial charge on any atom is -0.491 e. The quantitative estimate of drug-likeness (QED) is 0.908. The van der Waals surface area contributed by atoms with Crippen LogP contribution in [0.5, 0.6) is 5.75 Å². The zero-order valence-electron chi connectivity index (χ0n) is 11.6. The van der Waals surface area contributed by atoms with Crippen LogP contribution in [0.2, 0.25) is 0 Å². The molecule has 2 aromatic rings. The van der Waals surface area contributed by atoms with Gasteiger partial charge in [0.05, 0.1) is 12.2 Å². The molecule has 1 amide bonds. The number of amides is 1. The topological polar surface area (TPSA) is 38.3 Å². The van der Waals surface area contributed by atoms with Crippen LogP contribution < -0.4 is 10.1 Å². The van der Waals surface area contributed by atoms with Crippen LogP contribution in [0.1, 0.15) is 33.0 Å². The van der Waals surface area contributed by atoms with Gasteiger partial charge in [-0.3, -0.25) is 4.79 Å².